The lowest BCUT2D eigenvalue weighted by Crippen LogP contribution is -2.38. The van der Waals surface area contributed by atoms with Gasteiger partial charge >= 0.3 is 0 Å². The molecule has 3 heteroatoms. The summed E-state index contributed by atoms with van der Waals surface area (Å²) in [4.78, 5) is 11.6. The Morgan fingerprint density at radius 1 is 1.17 bits per heavy atom. The summed E-state index contributed by atoms with van der Waals surface area (Å²) in [6, 6.07) is 0. The molecular formula is C9H16N2O. The smallest absolute Gasteiger partial charge is 0.227 e. The van der Waals surface area contributed by atoms with Crippen molar-refractivity contribution in [2.75, 3.05) is 19.6 Å². The van der Waals surface area contributed by atoms with E-state index >= 15 is 0 Å². The van der Waals surface area contributed by atoms with Crippen molar-refractivity contribution in [3.63, 3.8) is 0 Å². The normalized spacial score (nSPS) is 36.5. The van der Waals surface area contributed by atoms with Gasteiger partial charge in [0.25, 0.3) is 0 Å². The van der Waals surface area contributed by atoms with Crippen molar-refractivity contribution in [1.82, 2.24) is 10.6 Å². The van der Waals surface area contributed by atoms with Gasteiger partial charge in [-0.3, -0.25) is 4.79 Å². The highest BCUT2D eigenvalue weighted by atomic mass is 16.2. The van der Waals surface area contributed by atoms with Crippen molar-refractivity contribution < 1.29 is 4.79 Å². The second-order valence-corrected chi connectivity index (χ2v) is 3.92. The van der Waals surface area contributed by atoms with Crippen molar-refractivity contribution >= 4 is 5.91 Å². The molecule has 0 aromatic carbocycles. The van der Waals surface area contributed by atoms with Crippen molar-refractivity contribution in [2.24, 2.45) is 5.41 Å². The molecule has 1 amide bonds. The first-order chi connectivity index (χ1) is 5.83. The molecule has 0 saturated carbocycles. The second kappa shape index (κ2) is 3.05. The van der Waals surface area contributed by atoms with Crippen LogP contribution in [-0.4, -0.2) is 25.5 Å². The summed E-state index contributed by atoms with van der Waals surface area (Å²) in [7, 11) is 0. The molecule has 2 saturated heterocycles. The maximum atomic E-state index is 11.6. The fourth-order valence-electron chi connectivity index (χ4n) is 2.25. The second-order valence-electron chi connectivity index (χ2n) is 3.92. The van der Waals surface area contributed by atoms with Crippen LogP contribution < -0.4 is 10.6 Å². The van der Waals surface area contributed by atoms with Crippen LogP contribution >= 0.6 is 0 Å². The summed E-state index contributed by atoms with van der Waals surface area (Å²) in [5.74, 6) is 0.275. The molecule has 0 aromatic rings. The van der Waals surface area contributed by atoms with Crippen molar-refractivity contribution in [3.05, 3.63) is 0 Å². The van der Waals surface area contributed by atoms with Crippen LogP contribution in [0.25, 0.3) is 0 Å². The van der Waals surface area contributed by atoms with Gasteiger partial charge in [-0.1, -0.05) is 6.42 Å². The van der Waals surface area contributed by atoms with E-state index in [4.69, 9.17) is 0 Å². The zero-order valence-corrected chi connectivity index (χ0v) is 7.36. The summed E-state index contributed by atoms with van der Waals surface area (Å²) in [5, 5.41) is 6.28. The fraction of sp³-hybridized carbons (Fsp3) is 0.889. The summed E-state index contributed by atoms with van der Waals surface area (Å²) in [6.07, 6.45) is 4.51. The Kier molecular flexibility index (Phi) is 2.05. The van der Waals surface area contributed by atoms with Crippen LogP contribution in [0.2, 0.25) is 0 Å². The molecule has 1 spiro atoms. The van der Waals surface area contributed by atoms with Crippen molar-refractivity contribution in [1.29, 1.82) is 0 Å². The van der Waals surface area contributed by atoms with E-state index in [0.29, 0.717) is 0 Å². The van der Waals surface area contributed by atoms with Gasteiger partial charge in [-0.25, -0.2) is 0 Å². The first-order valence-electron chi connectivity index (χ1n) is 4.83. The number of amides is 1. The van der Waals surface area contributed by atoms with Gasteiger partial charge in [-0.15, -0.1) is 0 Å². The van der Waals surface area contributed by atoms with Gasteiger partial charge in [-0.2, -0.15) is 0 Å². The molecule has 0 unspecified atom stereocenters. The van der Waals surface area contributed by atoms with E-state index in [9.17, 15) is 4.79 Å². The molecule has 3 nitrogen and oxygen atoms in total. The van der Waals surface area contributed by atoms with Crippen molar-refractivity contribution in [3.8, 4) is 0 Å². The molecule has 1 atom stereocenters. The predicted molar refractivity (Wildman–Crippen MR) is 46.8 cm³/mol. The molecule has 12 heavy (non-hydrogen) atoms. The molecule has 2 fully saturated rings. The maximum Gasteiger partial charge on any atom is 0.227 e. The van der Waals surface area contributed by atoms with E-state index < -0.39 is 0 Å². The Labute approximate surface area is 72.9 Å². The Morgan fingerprint density at radius 3 is 2.83 bits per heavy atom. The highest BCUT2D eigenvalue weighted by Crippen LogP contribution is 2.33. The first kappa shape index (κ1) is 8.05. The van der Waals surface area contributed by atoms with Gasteiger partial charge in [0.1, 0.15) is 0 Å². The molecule has 2 heterocycles. The molecule has 2 aliphatic heterocycles. The molecule has 2 rings (SSSR count). The number of rotatable bonds is 0. The molecule has 0 aromatic heterocycles. The van der Waals surface area contributed by atoms with Crippen LogP contribution in [0.1, 0.15) is 25.7 Å². The zero-order valence-electron chi connectivity index (χ0n) is 7.36. The van der Waals surface area contributed by atoms with Gasteiger partial charge in [-0.05, 0) is 25.8 Å². The topological polar surface area (TPSA) is 41.1 Å². The van der Waals surface area contributed by atoms with Crippen LogP contribution in [-0.2, 0) is 4.79 Å². The van der Waals surface area contributed by atoms with E-state index in [2.05, 4.69) is 10.6 Å². The molecule has 0 radical (unpaired) electrons. The van der Waals surface area contributed by atoms with Crippen molar-refractivity contribution in [2.45, 2.75) is 25.7 Å². The maximum absolute atomic E-state index is 11.6. The average molecular weight is 168 g/mol. The summed E-state index contributed by atoms with van der Waals surface area (Å²) >= 11 is 0. The third kappa shape index (κ3) is 1.22. The lowest BCUT2D eigenvalue weighted by molar-refractivity contribution is -0.127. The van der Waals surface area contributed by atoms with Crippen LogP contribution in [0, 0.1) is 5.41 Å². The highest BCUT2D eigenvalue weighted by Gasteiger charge is 2.41. The van der Waals surface area contributed by atoms with E-state index in [0.717, 1.165) is 32.5 Å². The third-order valence-electron chi connectivity index (χ3n) is 3.09. The number of hydrogen-bond acceptors (Lipinski definition) is 2. The Hall–Kier alpha value is -0.570. The summed E-state index contributed by atoms with van der Waals surface area (Å²) in [5.41, 5.74) is -0.0451. The molecule has 0 bridgehead atoms. The van der Waals surface area contributed by atoms with Crippen LogP contribution in [0.15, 0.2) is 0 Å². The summed E-state index contributed by atoms with van der Waals surface area (Å²) < 4.78 is 0. The minimum atomic E-state index is -0.0451. The minimum absolute atomic E-state index is 0.0451. The van der Waals surface area contributed by atoms with Gasteiger partial charge in [0.15, 0.2) is 0 Å². The first-order valence-corrected chi connectivity index (χ1v) is 4.83. The summed E-state index contributed by atoms with van der Waals surface area (Å²) in [6.45, 7) is 2.84. The number of hydrogen-bond donors (Lipinski definition) is 2. The molecule has 2 aliphatic rings. The Morgan fingerprint density at radius 2 is 2.08 bits per heavy atom. The molecular weight excluding hydrogens is 152 g/mol. The van der Waals surface area contributed by atoms with E-state index in [-0.39, 0.29) is 11.3 Å². The van der Waals surface area contributed by atoms with E-state index in [1.807, 2.05) is 0 Å². The largest absolute Gasteiger partial charge is 0.356 e. The van der Waals surface area contributed by atoms with Crippen LogP contribution in [0.3, 0.4) is 0 Å². The SMILES string of the molecule is O=C1NCC[C@]12CCCCNC2. The zero-order chi connectivity index (χ0) is 8.44. The fourth-order valence-corrected chi connectivity index (χ4v) is 2.25. The van der Waals surface area contributed by atoms with E-state index in [1.165, 1.54) is 12.8 Å². The van der Waals surface area contributed by atoms with Crippen LogP contribution in [0.4, 0.5) is 0 Å². The predicted octanol–water partition coefficient (Wildman–Crippen LogP) is 0.266. The Bertz CT molecular complexity index is 183. The van der Waals surface area contributed by atoms with Gasteiger partial charge < -0.3 is 10.6 Å². The van der Waals surface area contributed by atoms with Gasteiger partial charge in [0, 0.05) is 13.1 Å². The highest BCUT2D eigenvalue weighted by molar-refractivity contribution is 5.84. The molecule has 68 valence electrons. The Balaban J connectivity index is 2.11. The van der Waals surface area contributed by atoms with Gasteiger partial charge in [0.05, 0.1) is 5.41 Å². The quantitative estimate of drug-likeness (QED) is 0.545. The van der Waals surface area contributed by atoms with Gasteiger partial charge in [0.2, 0.25) is 5.91 Å². The number of carbonyl (C=O) groups is 1. The van der Waals surface area contributed by atoms with E-state index in [1.54, 1.807) is 0 Å². The average Bonchev–Trinajstić information content (AvgIpc) is 2.33. The minimum Gasteiger partial charge on any atom is -0.356 e. The number of carbonyl (C=O) groups excluding carboxylic acids is 1. The van der Waals surface area contributed by atoms with Crippen LogP contribution in [0.5, 0.6) is 0 Å². The molecule has 0 aliphatic carbocycles. The lowest BCUT2D eigenvalue weighted by Gasteiger charge is -2.23. The third-order valence-corrected chi connectivity index (χ3v) is 3.09. The standard InChI is InChI=1S/C9H16N2O/c12-8-9(4-6-11-8)3-1-2-5-10-7-9/h10H,1-7H2,(H,11,12)/t9-/m0/s1. The number of nitrogens with one attached hydrogen (secondary N) is 2. The monoisotopic (exact) mass is 168 g/mol. The molecule has 2 N–H and O–H groups in total. The lowest BCUT2D eigenvalue weighted by atomic mass is 9.82.